The highest BCUT2D eigenvalue weighted by molar-refractivity contribution is 9.10. The average Bonchev–Trinajstić information content (AvgIpc) is 2.29. The predicted octanol–water partition coefficient (Wildman–Crippen LogP) is 3.54. The first-order valence-electron chi connectivity index (χ1n) is 4.72. The second-order valence-corrected chi connectivity index (χ2v) is 4.42. The number of carboxylic acid groups (broad SMARTS) is 1. The minimum Gasteiger partial charge on any atom is -0.478 e. The van der Waals surface area contributed by atoms with E-state index in [0.717, 1.165) is 0 Å². The summed E-state index contributed by atoms with van der Waals surface area (Å²) in [5.74, 6) is -1.21. The fraction of sp³-hybridized carbons (Fsp3) is 0.0909. The van der Waals surface area contributed by atoms with Crippen molar-refractivity contribution < 1.29 is 19.4 Å². The summed E-state index contributed by atoms with van der Waals surface area (Å²) in [6.07, 6.45) is 0.620. The molecule has 1 rings (SSSR count). The van der Waals surface area contributed by atoms with Crippen molar-refractivity contribution in [1.82, 2.24) is 0 Å². The van der Waals surface area contributed by atoms with Gasteiger partial charge in [-0.25, -0.2) is 9.59 Å². The number of aromatic carboxylic acids is 1. The molecule has 5 nitrogen and oxygen atoms in total. The first-order chi connectivity index (χ1) is 8.45. The highest BCUT2D eigenvalue weighted by Gasteiger charge is 2.17. The van der Waals surface area contributed by atoms with Gasteiger partial charge in [-0.1, -0.05) is 24.3 Å². The quantitative estimate of drug-likeness (QED) is 0.826. The molecule has 0 unspecified atom stereocenters. The molecule has 0 spiro atoms. The number of carbonyl (C=O) groups excluding carboxylic acids is 1. The number of rotatable bonds is 4. The largest absolute Gasteiger partial charge is 0.478 e. The zero-order valence-electron chi connectivity index (χ0n) is 9.07. The molecule has 0 aliphatic rings. The van der Waals surface area contributed by atoms with Crippen molar-refractivity contribution >= 4 is 45.3 Å². The number of halogens is 2. The normalized spacial score (nSPS) is 9.67. The summed E-state index contributed by atoms with van der Waals surface area (Å²) in [5.41, 5.74) is -0.0501. The standard InChI is InChI=1S/C11H9BrClNO4/c1-2-3-18-11(17)14-9-7(10(15)16)4-6(13)5-8(9)12/h2,4-5H,1,3H2,(H,14,17)(H,15,16). The van der Waals surface area contributed by atoms with Crippen LogP contribution < -0.4 is 5.32 Å². The number of benzene rings is 1. The third-order valence-corrected chi connectivity index (χ3v) is 2.69. The minimum absolute atomic E-state index is 0.0272. The van der Waals surface area contributed by atoms with Crippen LogP contribution in [0.5, 0.6) is 0 Å². The number of ether oxygens (including phenoxy) is 1. The van der Waals surface area contributed by atoms with Gasteiger partial charge in [0.2, 0.25) is 0 Å². The Bertz CT molecular complexity index is 504. The monoisotopic (exact) mass is 333 g/mol. The highest BCUT2D eigenvalue weighted by atomic mass is 79.9. The Morgan fingerprint density at radius 1 is 1.56 bits per heavy atom. The van der Waals surface area contributed by atoms with Crippen molar-refractivity contribution in [2.24, 2.45) is 0 Å². The van der Waals surface area contributed by atoms with Gasteiger partial charge < -0.3 is 9.84 Å². The lowest BCUT2D eigenvalue weighted by Crippen LogP contribution is -2.16. The Kier molecular flexibility index (Phi) is 5.18. The summed E-state index contributed by atoms with van der Waals surface area (Å²) in [5, 5.41) is 11.6. The molecule has 7 heteroatoms. The first-order valence-corrected chi connectivity index (χ1v) is 5.89. The third kappa shape index (κ3) is 3.75. The number of amides is 1. The van der Waals surface area contributed by atoms with Crippen LogP contribution in [0, 0.1) is 0 Å². The molecule has 0 bridgehead atoms. The van der Waals surface area contributed by atoms with E-state index in [-0.39, 0.29) is 22.9 Å². The molecule has 18 heavy (non-hydrogen) atoms. The van der Waals surface area contributed by atoms with Gasteiger partial charge >= 0.3 is 12.1 Å². The number of hydrogen-bond acceptors (Lipinski definition) is 3. The van der Waals surface area contributed by atoms with Crippen molar-refractivity contribution in [2.45, 2.75) is 0 Å². The van der Waals surface area contributed by atoms with Gasteiger partial charge in [-0.2, -0.15) is 0 Å². The smallest absolute Gasteiger partial charge is 0.411 e. The Morgan fingerprint density at radius 2 is 2.22 bits per heavy atom. The van der Waals surface area contributed by atoms with E-state index in [2.05, 4.69) is 27.8 Å². The van der Waals surface area contributed by atoms with E-state index in [0.29, 0.717) is 4.47 Å². The number of carbonyl (C=O) groups is 2. The molecule has 1 amide bonds. The maximum atomic E-state index is 11.4. The highest BCUT2D eigenvalue weighted by Crippen LogP contribution is 2.30. The maximum Gasteiger partial charge on any atom is 0.411 e. The number of nitrogens with one attached hydrogen (secondary N) is 1. The van der Waals surface area contributed by atoms with Crippen LogP contribution in [0.1, 0.15) is 10.4 Å². The average molecular weight is 335 g/mol. The molecule has 96 valence electrons. The van der Waals surface area contributed by atoms with E-state index in [9.17, 15) is 9.59 Å². The van der Waals surface area contributed by atoms with Gasteiger partial charge in [0.25, 0.3) is 0 Å². The van der Waals surface area contributed by atoms with Crippen molar-refractivity contribution in [3.05, 3.63) is 39.8 Å². The molecule has 0 atom stereocenters. The van der Waals surface area contributed by atoms with E-state index in [1.165, 1.54) is 18.2 Å². The van der Waals surface area contributed by atoms with Crippen LogP contribution in [0.15, 0.2) is 29.3 Å². The first kappa shape index (κ1) is 14.5. The molecular formula is C11H9BrClNO4. The van der Waals surface area contributed by atoms with E-state index in [4.69, 9.17) is 21.4 Å². The van der Waals surface area contributed by atoms with Gasteiger partial charge in [0.05, 0.1) is 11.3 Å². The number of hydrogen-bond donors (Lipinski definition) is 2. The SMILES string of the molecule is C=CCOC(=O)Nc1c(Br)cc(Cl)cc1C(=O)O. The van der Waals surface area contributed by atoms with Gasteiger partial charge in [-0.15, -0.1) is 0 Å². The lowest BCUT2D eigenvalue weighted by atomic mass is 10.2. The molecule has 0 saturated carbocycles. The number of carboxylic acids is 1. The molecule has 0 fully saturated rings. The molecule has 2 N–H and O–H groups in total. The topological polar surface area (TPSA) is 75.6 Å². The number of anilines is 1. The van der Waals surface area contributed by atoms with Gasteiger partial charge in [-0.3, -0.25) is 5.32 Å². The molecule has 0 aromatic heterocycles. The van der Waals surface area contributed by atoms with E-state index < -0.39 is 12.1 Å². The van der Waals surface area contributed by atoms with Crippen LogP contribution in [0.2, 0.25) is 5.02 Å². The van der Waals surface area contributed by atoms with E-state index in [1.54, 1.807) is 0 Å². The van der Waals surface area contributed by atoms with Crippen molar-refractivity contribution in [2.75, 3.05) is 11.9 Å². The summed E-state index contributed by atoms with van der Waals surface area (Å²) >= 11 is 8.86. The molecule has 1 aromatic carbocycles. The third-order valence-electron chi connectivity index (χ3n) is 1.84. The predicted molar refractivity (Wildman–Crippen MR) is 71.3 cm³/mol. The summed E-state index contributed by atoms with van der Waals surface area (Å²) in [7, 11) is 0. The van der Waals surface area contributed by atoms with Crippen LogP contribution in [-0.4, -0.2) is 23.8 Å². The molecule has 1 aromatic rings. The van der Waals surface area contributed by atoms with Gasteiger partial charge in [0, 0.05) is 9.50 Å². The Hall–Kier alpha value is -1.53. The maximum absolute atomic E-state index is 11.4. The molecule has 0 radical (unpaired) electrons. The molecule has 0 aliphatic heterocycles. The van der Waals surface area contributed by atoms with Crippen LogP contribution in [-0.2, 0) is 4.74 Å². The molecule has 0 aliphatic carbocycles. The van der Waals surface area contributed by atoms with E-state index in [1.807, 2.05) is 0 Å². The summed E-state index contributed by atoms with van der Waals surface area (Å²) < 4.78 is 5.05. The fourth-order valence-electron chi connectivity index (χ4n) is 1.14. The van der Waals surface area contributed by atoms with Gasteiger partial charge in [0.15, 0.2) is 0 Å². The van der Waals surface area contributed by atoms with Crippen molar-refractivity contribution in [3.8, 4) is 0 Å². The van der Waals surface area contributed by atoms with Gasteiger partial charge in [0.1, 0.15) is 6.61 Å². The van der Waals surface area contributed by atoms with Crippen LogP contribution in [0.4, 0.5) is 10.5 Å². The Morgan fingerprint density at radius 3 is 2.78 bits per heavy atom. The van der Waals surface area contributed by atoms with Crippen molar-refractivity contribution in [1.29, 1.82) is 0 Å². The zero-order chi connectivity index (χ0) is 13.7. The van der Waals surface area contributed by atoms with Crippen molar-refractivity contribution in [3.63, 3.8) is 0 Å². The lowest BCUT2D eigenvalue weighted by molar-refractivity contribution is 0.0698. The van der Waals surface area contributed by atoms with Crippen LogP contribution >= 0.6 is 27.5 Å². The second kappa shape index (κ2) is 6.42. The summed E-state index contributed by atoms with van der Waals surface area (Å²) in [6, 6.07) is 2.70. The molecular weight excluding hydrogens is 325 g/mol. The lowest BCUT2D eigenvalue weighted by Gasteiger charge is -2.11. The summed E-state index contributed by atoms with van der Waals surface area (Å²) in [6.45, 7) is 3.42. The Labute approximate surface area is 117 Å². The van der Waals surface area contributed by atoms with Crippen LogP contribution in [0.3, 0.4) is 0 Å². The van der Waals surface area contributed by atoms with Crippen LogP contribution in [0.25, 0.3) is 0 Å². The fourth-order valence-corrected chi connectivity index (χ4v) is 2.05. The zero-order valence-corrected chi connectivity index (χ0v) is 11.4. The second-order valence-electron chi connectivity index (χ2n) is 3.13. The molecule has 0 heterocycles. The minimum atomic E-state index is -1.21. The molecule has 0 saturated heterocycles. The van der Waals surface area contributed by atoms with E-state index >= 15 is 0 Å². The Balaban J connectivity index is 3.03. The summed E-state index contributed by atoms with van der Waals surface area (Å²) in [4.78, 5) is 22.4. The van der Waals surface area contributed by atoms with Gasteiger partial charge in [-0.05, 0) is 28.1 Å².